The van der Waals surface area contributed by atoms with E-state index in [1.165, 1.54) is 0 Å². The number of ether oxygens (including phenoxy) is 2. The third-order valence-electron chi connectivity index (χ3n) is 6.61. The van der Waals surface area contributed by atoms with Gasteiger partial charge in [-0.15, -0.1) is 0 Å². The molecule has 3 aromatic carbocycles. The fourth-order valence-electron chi connectivity index (χ4n) is 4.77. The minimum absolute atomic E-state index is 0.0458. The van der Waals surface area contributed by atoms with Crippen LogP contribution in [0.3, 0.4) is 0 Å². The number of carbonyl (C=O) groups excluding carboxylic acids is 2. The van der Waals surface area contributed by atoms with Crippen LogP contribution in [0.15, 0.2) is 54.6 Å². The molecular formula is C28H32N2O4. The van der Waals surface area contributed by atoms with Crippen molar-refractivity contribution in [3.8, 4) is 11.5 Å². The monoisotopic (exact) mass is 460 g/mol. The van der Waals surface area contributed by atoms with Gasteiger partial charge in [0.1, 0.15) is 6.54 Å². The van der Waals surface area contributed by atoms with Gasteiger partial charge in [-0.1, -0.05) is 37.3 Å². The van der Waals surface area contributed by atoms with Gasteiger partial charge in [0.15, 0.2) is 11.5 Å². The quantitative estimate of drug-likeness (QED) is 0.506. The lowest BCUT2D eigenvalue weighted by molar-refractivity contribution is -0.134. The van der Waals surface area contributed by atoms with Crippen LogP contribution in [0, 0.1) is 0 Å². The van der Waals surface area contributed by atoms with Crippen molar-refractivity contribution in [2.45, 2.75) is 32.7 Å². The molecular weight excluding hydrogens is 428 g/mol. The molecule has 1 atom stereocenters. The van der Waals surface area contributed by atoms with Crippen molar-refractivity contribution >= 4 is 22.6 Å². The van der Waals surface area contributed by atoms with Gasteiger partial charge in [-0.25, -0.2) is 0 Å². The fraction of sp³-hybridized carbons (Fsp3) is 0.357. The summed E-state index contributed by atoms with van der Waals surface area (Å²) in [5.41, 5.74) is 2.82. The molecule has 6 heteroatoms. The van der Waals surface area contributed by atoms with Crippen LogP contribution >= 0.6 is 0 Å². The highest BCUT2D eigenvalue weighted by atomic mass is 16.5. The van der Waals surface area contributed by atoms with Gasteiger partial charge < -0.3 is 19.3 Å². The summed E-state index contributed by atoms with van der Waals surface area (Å²) in [6.45, 7) is 5.24. The molecule has 0 spiro atoms. The summed E-state index contributed by atoms with van der Waals surface area (Å²) >= 11 is 0. The highest BCUT2D eigenvalue weighted by molar-refractivity contribution is 6.00. The number of amides is 2. The maximum absolute atomic E-state index is 13.4. The number of nitrogens with zero attached hydrogens (tertiary/aromatic N) is 2. The molecule has 4 rings (SSSR count). The Morgan fingerprint density at radius 3 is 2.41 bits per heavy atom. The first-order valence-corrected chi connectivity index (χ1v) is 11.8. The van der Waals surface area contributed by atoms with Crippen LogP contribution in [-0.2, 0) is 11.2 Å². The van der Waals surface area contributed by atoms with Gasteiger partial charge in [0.2, 0.25) is 5.91 Å². The zero-order valence-electron chi connectivity index (χ0n) is 20.3. The summed E-state index contributed by atoms with van der Waals surface area (Å²) in [6.07, 6.45) is 1.51. The molecule has 0 aliphatic carbocycles. The number of hydrogen-bond donors (Lipinski definition) is 0. The average Bonchev–Trinajstić information content (AvgIpc) is 2.87. The Balaban J connectivity index is 1.54. The molecule has 1 heterocycles. The summed E-state index contributed by atoms with van der Waals surface area (Å²) in [4.78, 5) is 30.3. The maximum Gasteiger partial charge on any atom is 0.254 e. The van der Waals surface area contributed by atoms with Crippen molar-refractivity contribution in [2.75, 3.05) is 33.9 Å². The van der Waals surface area contributed by atoms with Gasteiger partial charge in [-0.2, -0.15) is 0 Å². The second-order valence-corrected chi connectivity index (χ2v) is 8.71. The Morgan fingerprint density at radius 1 is 1.00 bits per heavy atom. The van der Waals surface area contributed by atoms with Crippen LogP contribution in [0.5, 0.6) is 11.5 Å². The standard InChI is InChI=1S/C28H32N2O4/c1-5-13-29(28(32)23-11-10-20-8-6-7-9-21(20)15-23)18-27(31)30-14-12-22-16-25(33-3)26(34-4)17-24(22)19(30)2/h6-11,15-17,19H,5,12-14,18H2,1-4H3. The first-order chi connectivity index (χ1) is 16.5. The number of benzene rings is 3. The van der Waals surface area contributed by atoms with Gasteiger partial charge in [0, 0.05) is 18.7 Å². The molecule has 0 bridgehead atoms. The summed E-state index contributed by atoms with van der Waals surface area (Å²) in [5.74, 6) is 1.19. The van der Waals surface area contributed by atoms with E-state index in [2.05, 4.69) is 0 Å². The zero-order valence-corrected chi connectivity index (χ0v) is 20.3. The van der Waals surface area contributed by atoms with Gasteiger partial charge in [-0.3, -0.25) is 9.59 Å². The zero-order chi connectivity index (χ0) is 24.2. The maximum atomic E-state index is 13.4. The third-order valence-corrected chi connectivity index (χ3v) is 6.61. The lowest BCUT2D eigenvalue weighted by atomic mass is 9.92. The van der Waals surface area contributed by atoms with Crippen molar-refractivity contribution in [2.24, 2.45) is 0 Å². The summed E-state index contributed by atoms with van der Waals surface area (Å²) in [6, 6.07) is 17.5. The number of methoxy groups -OCH3 is 2. The van der Waals surface area contributed by atoms with Crippen LogP contribution in [0.25, 0.3) is 10.8 Å². The van der Waals surface area contributed by atoms with Crippen LogP contribution in [0.4, 0.5) is 0 Å². The van der Waals surface area contributed by atoms with Crippen molar-refractivity contribution < 1.29 is 19.1 Å². The summed E-state index contributed by atoms with van der Waals surface area (Å²) < 4.78 is 10.9. The first-order valence-electron chi connectivity index (χ1n) is 11.8. The normalized spacial score (nSPS) is 15.1. The molecule has 0 saturated heterocycles. The molecule has 2 amide bonds. The molecule has 3 aromatic rings. The highest BCUT2D eigenvalue weighted by Crippen LogP contribution is 2.38. The van der Waals surface area contributed by atoms with Gasteiger partial charge >= 0.3 is 0 Å². The minimum Gasteiger partial charge on any atom is -0.493 e. The number of fused-ring (bicyclic) bond motifs is 2. The first kappa shape index (κ1) is 23.6. The molecule has 178 valence electrons. The molecule has 1 unspecified atom stereocenters. The van der Waals surface area contributed by atoms with E-state index >= 15 is 0 Å². The Labute approximate surface area is 201 Å². The molecule has 6 nitrogen and oxygen atoms in total. The van der Waals surface area contributed by atoms with Crippen molar-refractivity contribution in [1.29, 1.82) is 0 Å². The van der Waals surface area contributed by atoms with Crippen molar-refractivity contribution in [3.63, 3.8) is 0 Å². The van der Waals surface area contributed by atoms with Crippen LogP contribution in [0.1, 0.15) is 47.8 Å². The Morgan fingerprint density at radius 2 is 1.71 bits per heavy atom. The molecule has 1 aliphatic heterocycles. The van der Waals surface area contributed by atoms with Gasteiger partial charge in [-0.05, 0) is 65.9 Å². The molecule has 0 fully saturated rings. The second kappa shape index (κ2) is 10.2. The predicted octanol–water partition coefficient (Wildman–Crippen LogP) is 4.86. The lowest BCUT2D eigenvalue weighted by Crippen LogP contribution is -2.46. The Kier molecular flexibility index (Phi) is 7.06. The second-order valence-electron chi connectivity index (χ2n) is 8.71. The molecule has 0 radical (unpaired) electrons. The number of carbonyl (C=O) groups is 2. The predicted molar refractivity (Wildman–Crippen MR) is 134 cm³/mol. The summed E-state index contributed by atoms with van der Waals surface area (Å²) in [7, 11) is 3.24. The molecule has 34 heavy (non-hydrogen) atoms. The highest BCUT2D eigenvalue weighted by Gasteiger charge is 2.31. The molecule has 0 saturated carbocycles. The topological polar surface area (TPSA) is 59.1 Å². The van der Waals surface area contributed by atoms with E-state index in [0.29, 0.717) is 30.2 Å². The van der Waals surface area contributed by atoms with Gasteiger partial charge in [0.05, 0.1) is 20.3 Å². The Hall–Kier alpha value is -3.54. The van der Waals surface area contributed by atoms with E-state index in [1.54, 1.807) is 19.1 Å². The minimum atomic E-state index is -0.115. The smallest absolute Gasteiger partial charge is 0.254 e. The fourth-order valence-corrected chi connectivity index (χ4v) is 4.77. The molecule has 0 N–H and O–H groups in total. The van der Waals surface area contributed by atoms with Crippen LogP contribution in [-0.4, -0.2) is 55.5 Å². The number of hydrogen-bond acceptors (Lipinski definition) is 4. The van der Waals surface area contributed by atoms with Crippen LogP contribution < -0.4 is 9.47 Å². The Bertz CT molecular complexity index is 1210. The SMILES string of the molecule is CCCN(CC(=O)N1CCc2cc(OC)c(OC)cc2C1C)C(=O)c1ccc2ccccc2c1. The van der Waals surface area contributed by atoms with E-state index in [-0.39, 0.29) is 24.4 Å². The van der Waals surface area contributed by atoms with E-state index in [4.69, 9.17) is 9.47 Å². The summed E-state index contributed by atoms with van der Waals surface area (Å²) in [5, 5.41) is 2.10. The largest absolute Gasteiger partial charge is 0.493 e. The lowest BCUT2D eigenvalue weighted by Gasteiger charge is -2.37. The molecule has 0 aromatic heterocycles. The van der Waals surface area contributed by atoms with Crippen molar-refractivity contribution in [3.05, 3.63) is 71.3 Å². The number of rotatable bonds is 7. The van der Waals surface area contributed by atoms with E-state index in [0.717, 1.165) is 34.7 Å². The van der Waals surface area contributed by atoms with Gasteiger partial charge in [0.25, 0.3) is 5.91 Å². The van der Waals surface area contributed by atoms with Crippen molar-refractivity contribution in [1.82, 2.24) is 9.80 Å². The van der Waals surface area contributed by atoms with E-state index in [1.807, 2.05) is 73.3 Å². The third kappa shape index (κ3) is 4.58. The van der Waals surface area contributed by atoms with Crippen LogP contribution in [0.2, 0.25) is 0 Å². The van der Waals surface area contributed by atoms with E-state index in [9.17, 15) is 9.59 Å². The van der Waals surface area contributed by atoms with E-state index < -0.39 is 0 Å². The molecule has 1 aliphatic rings. The average molecular weight is 461 g/mol.